The van der Waals surface area contributed by atoms with Crippen molar-refractivity contribution in [2.45, 2.75) is 5.41 Å². The number of hydrogen-bond acceptors (Lipinski definition) is 2. The minimum atomic E-state index is -0.383. The second-order valence-corrected chi connectivity index (χ2v) is 13.2. The van der Waals surface area contributed by atoms with Gasteiger partial charge in [0.15, 0.2) is 0 Å². The van der Waals surface area contributed by atoms with E-state index in [1.54, 1.807) is 0 Å². The Hall–Kier alpha value is -6.38. The van der Waals surface area contributed by atoms with Gasteiger partial charge in [-0.3, -0.25) is 4.98 Å². The van der Waals surface area contributed by atoms with Crippen molar-refractivity contribution in [3.8, 4) is 44.6 Å². The highest BCUT2D eigenvalue weighted by Crippen LogP contribution is 2.64. The number of pyridine rings is 2. The standard InChI is InChI=1S/C47H28N2/c1-5-18-38-33(13-1)34-14-2-6-19-39(34)47(38)40-20-7-3-15-35(40)44-41(47)27-26-37-43(44)36-16-4-8-21-42(36)49-46(37)31-24-22-29(23-25-31)32-17-9-11-30-12-10-28-48-45(30)32/h1-28H. The maximum atomic E-state index is 5.36. The lowest BCUT2D eigenvalue weighted by atomic mass is 9.70. The van der Waals surface area contributed by atoms with Gasteiger partial charge in [-0.05, 0) is 62.2 Å². The molecule has 2 heteroatoms. The Morgan fingerprint density at radius 1 is 0.408 bits per heavy atom. The van der Waals surface area contributed by atoms with E-state index in [0.29, 0.717) is 0 Å². The summed E-state index contributed by atoms with van der Waals surface area (Å²) in [5, 5.41) is 4.77. The van der Waals surface area contributed by atoms with Gasteiger partial charge in [0.25, 0.3) is 0 Å². The molecule has 226 valence electrons. The summed E-state index contributed by atoms with van der Waals surface area (Å²) in [6.45, 7) is 0. The van der Waals surface area contributed by atoms with Crippen LogP contribution < -0.4 is 0 Å². The van der Waals surface area contributed by atoms with Gasteiger partial charge in [-0.15, -0.1) is 0 Å². The zero-order valence-electron chi connectivity index (χ0n) is 26.6. The molecule has 11 rings (SSSR count). The quantitative estimate of drug-likeness (QED) is 0.180. The lowest BCUT2D eigenvalue weighted by Gasteiger charge is -2.30. The number of nitrogens with zero attached hydrogens (tertiary/aromatic N) is 2. The van der Waals surface area contributed by atoms with E-state index in [2.05, 4.69) is 158 Å². The molecule has 9 aromatic rings. The molecule has 1 spiro atoms. The number of hydrogen-bond donors (Lipinski definition) is 0. The van der Waals surface area contributed by atoms with Crippen LogP contribution in [0, 0.1) is 0 Å². The molecule has 0 N–H and O–H groups in total. The smallest absolute Gasteiger partial charge is 0.0788 e. The third kappa shape index (κ3) is 3.45. The highest BCUT2D eigenvalue weighted by atomic mass is 14.7. The lowest BCUT2D eigenvalue weighted by Crippen LogP contribution is -2.25. The first-order valence-electron chi connectivity index (χ1n) is 16.9. The van der Waals surface area contributed by atoms with Gasteiger partial charge >= 0.3 is 0 Å². The molecule has 2 heterocycles. The third-order valence-corrected chi connectivity index (χ3v) is 10.9. The van der Waals surface area contributed by atoms with Crippen molar-refractivity contribution in [1.82, 2.24) is 9.97 Å². The van der Waals surface area contributed by atoms with Crippen LogP contribution in [-0.2, 0) is 5.41 Å². The van der Waals surface area contributed by atoms with Crippen molar-refractivity contribution in [1.29, 1.82) is 0 Å². The second kappa shape index (κ2) is 9.82. The Morgan fingerprint density at radius 3 is 1.80 bits per heavy atom. The zero-order chi connectivity index (χ0) is 32.1. The summed E-state index contributed by atoms with van der Waals surface area (Å²) in [4.78, 5) is 10.1. The van der Waals surface area contributed by atoms with Gasteiger partial charge in [-0.2, -0.15) is 0 Å². The molecule has 2 aliphatic rings. The number of para-hydroxylation sites is 2. The fourth-order valence-electron chi connectivity index (χ4n) is 8.99. The van der Waals surface area contributed by atoms with Gasteiger partial charge in [0.2, 0.25) is 0 Å². The van der Waals surface area contributed by atoms with Gasteiger partial charge in [0.1, 0.15) is 0 Å². The number of benzene rings is 7. The van der Waals surface area contributed by atoms with Crippen LogP contribution in [0.15, 0.2) is 170 Å². The van der Waals surface area contributed by atoms with E-state index in [9.17, 15) is 0 Å². The first kappa shape index (κ1) is 26.7. The van der Waals surface area contributed by atoms with Crippen molar-refractivity contribution >= 4 is 32.6 Å². The minimum Gasteiger partial charge on any atom is -0.256 e. The molecule has 0 unspecified atom stereocenters. The molecule has 0 fully saturated rings. The molecule has 0 amide bonds. The number of rotatable bonds is 2. The Kier molecular flexibility index (Phi) is 5.34. The van der Waals surface area contributed by atoms with Crippen LogP contribution in [0.3, 0.4) is 0 Å². The predicted octanol–water partition coefficient (Wildman–Crippen LogP) is 11.6. The summed E-state index contributed by atoms with van der Waals surface area (Å²) in [6, 6.07) is 59.8. The normalized spacial score (nSPS) is 13.5. The molecule has 2 nitrogen and oxygen atoms in total. The largest absolute Gasteiger partial charge is 0.256 e. The van der Waals surface area contributed by atoms with Crippen molar-refractivity contribution in [3.05, 3.63) is 192 Å². The van der Waals surface area contributed by atoms with Crippen LogP contribution in [-0.4, -0.2) is 9.97 Å². The Morgan fingerprint density at radius 2 is 1.02 bits per heavy atom. The molecular formula is C47H28N2. The Bertz CT molecular complexity index is 2780. The molecule has 7 aromatic carbocycles. The predicted molar refractivity (Wildman–Crippen MR) is 202 cm³/mol. The maximum absolute atomic E-state index is 5.36. The van der Waals surface area contributed by atoms with Crippen LogP contribution in [0.1, 0.15) is 22.3 Å². The Balaban J connectivity index is 1.20. The Labute approximate surface area is 284 Å². The van der Waals surface area contributed by atoms with E-state index in [1.807, 2.05) is 12.3 Å². The fraction of sp³-hybridized carbons (Fsp3) is 0.0213. The minimum absolute atomic E-state index is 0.383. The average Bonchev–Trinajstić information content (AvgIpc) is 3.65. The highest BCUT2D eigenvalue weighted by Gasteiger charge is 2.52. The van der Waals surface area contributed by atoms with E-state index in [4.69, 9.17) is 9.97 Å². The summed E-state index contributed by atoms with van der Waals surface area (Å²) in [5.74, 6) is 0. The van der Waals surface area contributed by atoms with Crippen molar-refractivity contribution in [3.63, 3.8) is 0 Å². The van der Waals surface area contributed by atoms with Crippen molar-refractivity contribution in [2.75, 3.05) is 0 Å². The van der Waals surface area contributed by atoms with Crippen LogP contribution in [0.5, 0.6) is 0 Å². The first-order chi connectivity index (χ1) is 24.3. The van der Waals surface area contributed by atoms with Gasteiger partial charge in [-0.1, -0.05) is 152 Å². The summed E-state index contributed by atoms with van der Waals surface area (Å²) < 4.78 is 0. The first-order valence-corrected chi connectivity index (χ1v) is 16.9. The van der Waals surface area contributed by atoms with Crippen molar-refractivity contribution in [2.24, 2.45) is 0 Å². The molecule has 0 atom stereocenters. The lowest BCUT2D eigenvalue weighted by molar-refractivity contribution is 0.794. The van der Waals surface area contributed by atoms with Gasteiger partial charge in [-0.25, -0.2) is 4.98 Å². The fourth-order valence-corrected chi connectivity index (χ4v) is 8.99. The van der Waals surface area contributed by atoms with Gasteiger partial charge in [0, 0.05) is 38.9 Å². The summed E-state index contributed by atoms with van der Waals surface area (Å²) in [7, 11) is 0. The SMILES string of the molecule is c1ccc2c(c1)-c1ccccc1C21c2ccccc2-c2c1ccc1c(-c3ccc(-c4cccc5cccnc45)cc3)nc3ccccc3c21. The second-order valence-electron chi connectivity index (χ2n) is 13.2. The van der Waals surface area contributed by atoms with Gasteiger partial charge < -0.3 is 0 Å². The molecule has 49 heavy (non-hydrogen) atoms. The molecule has 0 saturated carbocycles. The molecular weight excluding hydrogens is 593 g/mol. The van der Waals surface area contributed by atoms with E-state index in [-0.39, 0.29) is 5.41 Å². The molecule has 2 aromatic heterocycles. The molecule has 0 bridgehead atoms. The number of aromatic nitrogens is 2. The average molecular weight is 621 g/mol. The van der Waals surface area contributed by atoms with Crippen LogP contribution in [0.4, 0.5) is 0 Å². The van der Waals surface area contributed by atoms with Crippen molar-refractivity contribution < 1.29 is 0 Å². The van der Waals surface area contributed by atoms with Crippen LogP contribution in [0.25, 0.3) is 77.2 Å². The molecule has 0 saturated heterocycles. The van der Waals surface area contributed by atoms with E-state index in [0.717, 1.165) is 38.8 Å². The third-order valence-electron chi connectivity index (χ3n) is 10.9. The van der Waals surface area contributed by atoms with E-state index in [1.165, 1.54) is 60.7 Å². The zero-order valence-corrected chi connectivity index (χ0v) is 26.6. The monoisotopic (exact) mass is 620 g/mol. The summed E-state index contributed by atoms with van der Waals surface area (Å²) >= 11 is 0. The van der Waals surface area contributed by atoms with Gasteiger partial charge in [0.05, 0.1) is 22.1 Å². The summed E-state index contributed by atoms with van der Waals surface area (Å²) in [5.41, 5.74) is 16.7. The summed E-state index contributed by atoms with van der Waals surface area (Å²) in [6.07, 6.45) is 1.87. The molecule has 2 aliphatic carbocycles. The number of fused-ring (bicyclic) bond motifs is 15. The molecule has 0 radical (unpaired) electrons. The van der Waals surface area contributed by atoms with E-state index < -0.39 is 0 Å². The maximum Gasteiger partial charge on any atom is 0.0788 e. The topological polar surface area (TPSA) is 25.8 Å². The van der Waals surface area contributed by atoms with Crippen LogP contribution >= 0.6 is 0 Å². The molecule has 0 aliphatic heterocycles. The van der Waals surface area contributed by atoms with E-state index >= 15 is 0 Å². The van der Waals surface area contributed by atoms with Crippen LogP contribution in [0.2, 0.25) is 0 Å². The highest BCUT2D eigenvalue weighted by molar-refractivity contribution is 6.20.